The van der Waals surface area contributed by atoms with Gasteiger partial charge in [0.1, 0.15) is 53.1 Å². The molecule has 2 aromatic carbocycles. The number of hydrogen-bond donors (Lipinski definition) is 6. The number of fused-ring (bicyclic) bond motifs is 1. The minimum atomic E-state index is -1.67. The number of benzene rings is 2. The van der Waals surface area contributed by atoms with E-state index in [9.17, 15) is 35.4 Å². The zero-order valence-electron chi connectivity index (χ0n) is 18.6. The molecule has 1 aliphatic heterocycles. The van der Waals surface area contributed by atoms with Crippen LogP contribution in [0.5, 0.6) is 28.7 Å². The highest BCUT2D eigenvalue weighted by atomic mass is 16.7. The van der Waals surface area contributed by atoms with E-state index in [1.165, 1.54) is 32.4 Å². The zero-order chi connectivity index (χ0) is 25.4. The molecular formula is C23H24O12. The van der Waals surface area contributed by atoms with Crippen molar-refractivity contribution >= 4 is 11.0 Å². The Morgan fingerprint density at radius 2 is 1.69 bits per heavy atom. The first kappa shape index (κ1) is 24.6. The van der Waals surface area contributed by atoms with Crippen LogP contribution in [0, 0.1) is 0 Å². The average Bonchev–Trinajstić information content (AvgIpc) is 2.83. The Balaban J connectivity index is 1.71. The van der Waals surface area contributed by atoms with E-state index in [4.69, 9.17) is 23.4 Å². The zero-order valence-corrected chi connectivity index (χ0v) is 18.6. The molecule has 0 amide bonds. The van der Waals surface area contributed by atoms with Crippen LogP contribution in [0.2, 0.25) is 0 Å². The molecule has 4 rings (SSSR count). The lowest BCUT2D eigenvalue weighted by molar-refractivity contribution is -0.277. The van der Waals surface area contributed by atoms with Gasteiger partial charge in [0.05, 0.1) is 26.4 Å². The van der Waals surface area contributed by atoms with E-state index in [1.807, 2.05) is 0 Å². The molecule has 5 atom stereocenters. The molecule has 1 aliphatic rings. The van der Waals surface area contributed by atoms with Gasteiger partial charge >= 0.3 is 0 Å². The quantitative estimate of drug-likeness (QED) is 0.272. The summed E-state index contributed by atoms with van der Waals surface area (Å²) in [7, 11) is 2.72. The summed E-state index contributed by atoms with van der Waals surface area (Å²) in [5.74, 6) is -0.607. The van der Waals surface area contributed by atoms with Crippen molar-refractivity contribution < 1.29 is 54.0 Å². The molecule has 12 nitrogen and oxygen atoms in total. The van der Waals surface area contributed by atoms with Gasteiger partial charge in [0, 0.05) is 12.1 Å². The lowest BCUT2D eigenvalue weighted by atomic mass is 9.99. The fraction of sp³-hybridized carbons (Fsp3) is 0.348. The predicted molar refractivity (Wildman–Crippen MR) is 119 cm³/mol. The molecule has 1 aromatic heterocycles. The molecule has 1 saturated heterocycles. The number of hydrogen-bond acceptors (Lipinski definition) is 12. The van der Waals surface area contributed by atoms with Crippen molar-refractivity contribution in [2.75, 3.05) is 20.8 Å². The van der Waals surface area contributed by atoms with Gasteiger partial charge in [0.2, 0.25) is 17.5 Å². The summed E-state index contributed by atoms with van der Waals surface area (Å²) < 4.78 is 26.6. The minimum absolute atomic E-state index is 0.0201. The van der Waals surface area contributed by atoms with Crippen molar-refractivity contribution in [2.45, 2.75) is 30.7 Å². The Morgan fingerprint density at radius 1 is 0.943 bits per heavy atom. The standard InChI is InChI=1S/C23H24O12/c1-31-15-4-9(3-13(26)22(15)32-2)11-8-33-14-6-10(5-12(25)17(14)18(11)27)34-23-21(30)20(29)19(28)16(7-24)35-23/h3-6,8,16,19-21,23-26,28-30H,7H2,1-2H3. The Bertz CT molecular complexity index is 1280. The first-order valence-corrected chi connectivity index (χ1v) is 10.4. The molecule has 1 fully saturated rings. The van der Waals surface area contributed by atoms with Gasteiger partial charge in [-0.1, -0.05) is 0 Å². The van der Waals surface area contributed by atoms with E-state index in [-0.39, 0.29) is 45.1 Å². The molecular weight excluding hydrogens is 468 g/mol. The summed E-state index contributed by atoms with van der Waals surface area (Å²) in [5, 5.41) is 59.9. The number of phenolic OH excluding ortho intramolecular Hbond substituents is 2. The second kappa shape index (κ2) is 9.60. The Hall–Kier alpha value is -3.55. The Labute approximate surface area is 197 Å². The highest BCUT2D eigenvalue weighted by molar-refractivity contribution is 5.88. The number of methoxy groups -OCH3 is 2. The lowest BCUT2D eigenvalue weighted by Gasteiger charge is -2.39. The van der Waals surface area contributed by atoms with Gasteiger partial charge in [-0.2, -0.15) is 0 Å². The van der Waals surface area contributed by atoms with Crippen molar-refractivity contribution in [1.29, 1.82) is 0 Å². The molecule has 2 heterocycles. The molecule has 6 N–H and O–H groups in total. The monoisotopic (exact) mass is 492 g/mol. The van der Waals surface area contributed by atoms with Crippen LogP contribution in [0.3, 0.4) is 0 Å². The van der Waals surface area contributed by atoms with Crippen LogP contribution in [-0.4, -0.2) is 82.2 Å². The molecule has 12 heteroatoms. The first-order chi connectivity index (χ1) is 16.7. The van der Waals surface area contributed by atoms with Gasteiger partial charge in [-0.05, 0) is 17.7 Å². The highest BCUT2D eigenvalue weighted by Gasteiger charge is 2.44. The fourth-order valence-electron chi connectivity index (χ4n) is 3.87. The first-order valence-electron chi connectivity index (χ1n) is 10.4. The number of phenols is 2. The van der Waals surface area contributed by atoms with Crippen LogP contribution in [0.15, 0.2) is 39.7 Å². The predicted octanol–water partition coefficient (Wildman–Crippen LogP) is 0.0671. The van der Waals surface area contributed by atoms with Crippen LogP contribution in [-0.2, 0) is 4.74 Å². The fourth-order valence-corrected chi connectivity index (χ4v) is 3.87. The van der Waals surface area contributed by atoms with Crippen LogP contribution in [0.1, 0.15) is 0 Å². The maximum Gasteiger partial charge on any atom is 0.229 e. The van der Waals surface area contributed by atoms with Gasteiger partial charge in [0.25, 0.3) is 0 Å². The third-order valence-corrected chi connectivity index (χ3v) is 5.70. The van der Waals surface area contributed by atoms with Crippen molar-refractivity contribution in [3.63, 3.8) is 0 Å². The summed E-state index contributed by atoms with van der Waals surface area (Å²) in [6.45, 7) is -0.642. The summed E-state index contributed by atoms with van der Waals surface area (Å²) >= 11 is 0. The number of ether oxygens (including phenoxy) is 4. The van der Waals surface area contributed by atoms with Gasteiger partial charge < -0.3 is 54.0 Å². The van der Waals surface area contributed by atoms with Gasteiger partial charge in [-0.3, -0.25) is 4.79 Å². The molecule has 3 aromatic rings. The number of rotatable bonds is 6. The summed E-state index contributed by atoms with van der Waals surface area (Å²) in [5.41, 5.74) is -0.415. The lowest BCUT2D eigenvalue weighted by Crippen LogP contribution is -2.60. The highest BCUT2D eigenvalue weighted by Crippen LogP contribution is 2.40. The summed E-state index contributed by atoms with van der Waals surface area (Å²) in [6.07, 6.45) is -6.44. The maximum atomic E-state index is 13.2. The van der Waals surface area contributed by atoms with E-state index in [2.05, 4.69) is 0 Å². The smallest absolute Gasteiger partial charge is 0.229 e. The largest absolute Gasteiger partial charge is 0.507 e. The number of aliphatic hydroxyl groups is 4. The van der Waals surface area contributed by atoms with E-state index in [1.54, 1.807) is 0 Å². The van der Waals surface area contributed by atoms with E-state index in [0.717, 1.165) is 12.3 Å². The van der Waals surface area contributed by atoms with Crippen LogP contribution < -0.4 is 19.6 Å². The van der Waals surface area contributed by atoms with Crippen molar-refractivity contribution in [3.05, 3.63) is 40.8 Å². The van der Waals surface area contributed by atoms with Gasteiger partial charge in [0.15, 0.2) is 11.5 Å². The summed E-state index contributed by atoms with van der Waals surface area (Å²) in [6, 6.07) is 5.08. The van der Waals surface area contributed by atoms with Crippen molar-refractivity contribution in [2.24, 2.45) is 0 Å². The van der Waals surface area contributed by atoms with Crippen LogP contribution in [0.4, 0.5) is 0 Å². The topological polar surface area (TPSA) is 189 Å². The molecule has 0 saturated carbocycles. The maximum absolute atomic E-state index is 13.2. The van der Waals surface area contributed by atoms with Crippen molar-refractivity contribution in [1.82, 2.24) is 0 Å². The summed E-state index contributed by atoms with van der Waals surface area (Å²) in [4.78, 5) is 13.2. The van der Waals surface area contributed by atoms with Gasteiger partial charge in [-0.25, -0.2) is 0 Å². The minimum Gasteiger partial charge on any atom is -0.507 e. The number of aliphatic hydroxyl groups excluding tert-OH is 4. The average molecular weight is 492 g/mol. The SMILES string of the molecule is COc1cc(-c2coc3cc(OC4OC(CO)C(O)C(O)C4O)cc(O)c3c2=O)cc(O)c1OC. The molecule has 0 spiro atoms. The van der Waals surface area contributed by atoms with Crippen LogP contribution >= 0.6 is 0 Å². The molecule has 0 radical (unpaired) electrons. The molecule has 35 heavy (non-hydrogen) atoms. The second-order valence-electron chi connectivity index (χ2n) is 7.84. The van der Waals surface area contributed by atoms with E-state index in [0.29, 0.717) is 0 Å². The number of aromatic hydroxyl groups is 2. The second-order valence-corrected chi connectivity index (χ2v) is 7.84. The molecule has 188 valence electrons. The van der Waals surface area contributed by atoms with Crippen molar-refractivity contribution in [3.8, 4) is 39.9 Å². The van der Waals surface area contributed by atoms with Gasteiger partial charge in [-0.15, -0.1) is 0 Å². The third-order valence-electron chi connectivity index (χ3n) is 5.70. The Kier molecular flexibility index (Phi) is 6.74. The molecule has 0 aliphatic carbocycles. The normalized spacial score (nSPS) is 24.3. The third kappa shape index (κ3) is 4.33. The van der Waals surface area contributed by atoms with Crippen LogP contribution in [0.25, 0.3) is 22.1 Å². The molecule has 0 bridgehead atoms. The molecule has 5 unspecified atom stereocenters. The van der Waals surface area contributed by atoms with E-state index < -0.39 is 48.5 Å². The Morgan fingerprint density at radius 3 is 2.34 bits per heavy atom. The van der Waals surface area contributed by atoms with E-state index >= 15 is 0 Å².